The summed E-state index contributed by atoms with van der Waals surface area (Å²) in [4.78, 5) is 2.36. The number of fused-ring (bicyclic) bond motifs is 8. The largest absolute Gasteiger partial charge is 0.310 e. The van der Waals surface area contributed by atoms with Crippen molar-refractivity contribution in [3.63, 3.8) is 0 Å². The molecule has 200 valence electrons. The van der Waals surface area contributed by atoms with Gasteiger partial charge in [-0.05, 0) is 101 Å². The van der Waals surface area contributed by atoms with Gasteiger partial charge in [0.05, 0.1) is 0 Å². The van der Waals surface area contributed by atoms with Gasteiger partial charge in [-0.2, -0.15) is 0 Å². The molecular formula is C42H27N. The molecule has 0 unspecified atom stereocenters. The Morgan fingerprint density at radius 3 is 1.05 bits per heavy atom. The van der Waals surface area contributed by atoms with E-state index in [1.165, 1.54) is 64.6 Å². The molecule has 0 saturated carbocycles. The van der Waals surface area contributed by atoms with Gasteiger partial charge >= 0.3 is 0 Å². The van der Waals surface area contributed by atoms with Gasteiger partial charge in [0, 0.05) is 17.1 Å². The molecule has 9 aromatic rings. The van der Waals surface area contributed by atoms with E-state index in [-0.39, 0.29) is 0 Å². The third kappa shape index (κ3) is 3.58. The van der Waals surface area contributed by atoms with E-state index in [1.807, 2.05) is 0 Å². The predicted octanol–water partition coefficient (Wildman–Crippen LogP) is 12.1. The smallest absolute Gasteiger partial charge is 0.0468 e. The molecular weight excluding hydrogens is 518 g/mol. The maximum absolute atomic E-state index is 2.40. The molecule has 0 spiro atoms. The molecule has 0 aliphatic carbocycles. The summed E-state index contributed by atoms with van der Waals surface area (Å²) >= 11 is 0. The molecule has 0 aliphatic heterocycles. The first-order valence-corrected chi connectivity index (χ1v) is 14.9. The average Bonchev–Trinajstić information content (AvgIpc) is 3.08. The number of benzene rings is 8. The molecule has 9 aromatic carbocycles. The quantitative estimate of drug-likeness (QED) is 0.200. The van der Waals surface area contributed by atoms with Crippen molar-refractivity contribution in [2.75, 3.05) is 4.90 Å². The second-order valence-corrected chi connectivity index (χ2v) is 11.3. The summed E-state index contributed by atoms with van der Waals surface area (Å²) in [5.41, 5.74) is 3.41. The summed E-state index contributed by atoms with van der Waals surface area (Å²) in [6, 6.07) is 59.8. The van der Waals surface area contributed by atoms with Gasteiger partial charge in [-0.3, -0.25) is 0 Å². The van der Waals surface area contributed by atoms with Crippen molar-refractivity contribution in [2.45, 2.75) is 0 Å². The van der Waals surface area contributed by atoms with Crippen LogP contribution in [0.25, 0.3) is 64.6 Å². The van der Waals surface area contributed by atoms with Crippen molar-refractivity contribution in [3.05, 3.63) is 164 Å². The summed E-state index contributed by atoms with van der Waals surface area (Å²) in [6.45, 7) is 0. The molecule has 0 saturated heterocycles. The minimum atomic E-state index is 1.14. The number of rotatable bonds is 3. The Hall–Kier alpha value is -5.66. The van der Waals surface area contributed by atoms with Crippen molar-refractivity contribution in [3.8, 4) is 0 Å². The summed E-state index contributed by atoms with van der Waals surface area (Å²) in [7, 11) is 0. The van der Waals surface area contributed by atoms with Gasteiger partial charge in [-0.25, -0.2) is 0 Å². The highest BCUT2D eigenvalue weighted by molar-refractivity contribution is 6.38. The van der Waals surface area contributed by atoms with Crippen molar-refractivity contribution >= 4 is 81.7 Å². The van der Waals surface area contributed by atoms with Crippen LogP contribution in [0.4, 0.5) is 17.1 Å². The molecule has 0 radical (unpaired) electrons. The summed E-state index contributed by atoms with van der Waals surface area (Å²) in [6.07, 6.45) is 0. The van der Waals surface area contributed by atoms with Crippen LogP contribution in [0, 0.1) is 0 Å². The molecule has 0 aromatic heterocycles. The Bertz CT molecular complexity index is 2450. The Morgan fingerprint density at radius 1 is 0.233 bits per heavy atom. The summed E-state index contributed by atoms with van der Waals surface area (Å²) in [5, 5.41) is 15.5. The second-order valence-electron chi connectivity index (χ2n) is 11.3. The Kier molecular flexibility index (Phi) is 5.27. The molecule has 0 N–H and O–H groups in total. The molecule has 0 bridgehead atoms. The molecule has 0 amide bonds. The highest BCUT2D eigenvalue weighted by Gasteiger charge is 2.17. The monoisotopic (exact) mass is 545 g/mol. The Morgan fingerprint density at radius 2 is 0.581 bits per heavy atom. The van der Waals surface area contributed by atoms with Crippen LogP contribution in [0.2, 0.25) is 0 Å². The van der Waals surface area contributed by atoms with Gasteiger partial charge in [-0.1, -0.05) is 127 Å². The van der Waals surface area contributed by atoms with Crippen molar-refractivity contribution in [2.24, 2.45) is 0 Å². The normalized spacial score (nSPS) is 11.7. The Labute approximate surface area is 249 Å². The molecule has 0 aliphatic rings. The van der Waals surface area contributed by atoms with E-state index in [2.05, 4.69) is 169 Å². The fourth-order valence-electron chi connectivity index (χ4n) is 7.18. The van der Waals surface area contributed by atoms with Crippen LogP contribution >= 0.6 is 0 Å². The predicted molar refractivity (Wildman–Crippen MR) is 186 cm³/mol. The molecule has 0 heterocycles. The van der Waals surface area contributed by atoms with Crippen molar-refractivity contribution in [1.29, 1.82) is 0 Å². The summed E-state index contributed by atoms with van der Waals surface area (Å²) < 4.78 is 0. The SMILES string of the molecule is c1ccc(N(c2ccccc2)c2ccc3c4ccccc4c4cccc5c6ccccc6c6cccc(c3c2)c6c45)cc1. The van der Waals surface area contributed by atoms with E-state index in [0.717, 1.165) is 17.1 Å². The minimum Gasteiger partial charge on any atom is -0.310 e. The fraction of sp³-hybridized carbons (Fsp3) is 0. The van der Waals surface area contributed by atoms with Crippen molar-refractivity contribution < 1.29 is 0 Å². The van der Waals surface area contributed by atoms with E-state index in [1.54, 1.807) is 0 Å². The first-order chi connectivity index (χ1) is 21.4. The van der Waals surface area contributed by atoms with Crippen LogP contribution in [0.15, 0.2) is 164 Å². The van der Waals surface area contributed by atoms with Crippen LogP contribution in [-0.4, -0.2) is 0 Å². The van der Waals surface area contributed by atoms with Crippen LogP contribution in [0.3, 0.4) is 0 Å². The third-order valence-electron chi connectivity index (χ3n) is 8.97. The Balaban J connectivity index is 1.53. The van der Waals surface area contributed by atoms with Crippen molar-refractivity contribution in [1.82, 2.24) is 0 Å². The summed E-state index contributed by atoms with van der Waals surface area (Å²) in [5.74, 6) is 0. The van der Waals surface area contributed by atoms with Gasteiger partial charge in [0.1, 0.15) is 0 Å². The maximum atomic E-state index is 2.40. The first-order valence-electron chi connectivity index (χ1n) is 14.9. The molecule has 1 nitrogen and oxygen atoms in total. The lowest BCUT2D eigenvalue weighted by molar-refractivity contribution is 1.29. The average molecular weight is 546 g/mol. The zero-order valence-corrected chi connectivity index (χ0v) is 23.5. The third-order valence-corrected chi connectivity index (χ3v) is 8.97. The van der Waals surface area contributed by atoms with Crippen LogP contribution in [0.1, 0.15) is 0 Å². The standard InChI is InChI=1S/C42H27N/c1-3-13-28(14-4-1)43(29-15-5-2-6-16-29)30-25-26-35-31-17-7-8-18-32(31)36-21-11-22-37-33-19-9-10-20-34(33)38-23-12-24-39(40(35)27-30)42(38)41(36)37/h1-27H. The molecule has 0 fully saturated rings. The van der Waals surface area contributed by atoms with Gasteiger partial charge in [0.2, 0.25) is 0 Å². The topological polar surface area (TPSA) is 3.24 Å². The lowest BCUT2D eigenvalue weighted by Crippen LogP contribution is -2.09. The zero-order valence-electron chi connectivity index (χ0n) is 23.5. The van der Waals surface area contributed by atoms with E-state index in [0.29, 0.717) is 0 Å². The van der Waals surface area contributed by atoms with Gasteiger partial charge < -0.3 is 4.90 Å². The lowest BCUT2D eigenvalue weighted by Gasteiger charge is -2.26. The molecule has 43 heavy (non-hydrogen) atoms. The first kappa shape index (κ1) is 24.0. The van der Waals surface area contributed by atoms with E-state index in [4.69, 9.17) is 0 Å². The van der Waals surface area contributed by atoms with Crippen LogP contribution in [0.5, 0.6) is 0 Å². The van der Waals surface area contributed by atoms with Gasteiger partial charge in [0.15, 0.2) is 0 Å². The lowest BCUT2D eigenvalue weighted by atomic mass is 9.87. The highest BCUT2D eigenvalue weighted by atomic mass is 15.1. The molecule has 0 atom stereocenters. The minimum absolute atomic E-state index is 1.14. The van der Waals surface area contributed by atoms with E-state index in [9.17, 15) is 0 Å². The fourth-order valence-corrected chi connectivity index (χ4v) is 7.18. The number of hydrogen-bond donors (Lipinski definition) is 0. The number of nitrogens with zero attached hydrogens (tertiary/aromatic N) is 1. The van der Waals surface area contributed by atoms with Crippen LogP contribution in [-0.2, 0) is 0 Å². The van der Waals surface area contributed by atoms with E-state index >= 15 is 0 Å². The zero-order chi connectivity index (χ0) is 28.3. The molecule has 9 rings (SSSR count). The second kappa shape index (κ2) is 9.44. The number of anilines is 3. The van der Waals surface area contributed by atoms with E-state index < -0.39 is 0 Å². The number of hydrogen-bond acceptors (Lipinski definition) is 1. The number of para-hydroxylation sites is 2. The van der Waals surface area contributed by atoms with Gasteiger partial charge in [-0.15, -0.1) is 0 Å². The highest BCUT2D eigenvalue weighted by Crippen LogP contribution is 2.45. The van der Waals surface area contributed by atoms with Crippen LogP contribution < -0.4 is 4.90 Å². The molecule has 1 heteroatoms. The van der Waals surface area contributed by atoms with Gasteiger partial charge in [0.25, 0.3) is 0 Å². The maximum Gasteiger partial charge on any atom is 0.0468 e.